The summed E-state index contributed by atoms with van der Waals surface area (Å²) in [4.78, 5) is 18.2. The van der Waals surface area contributed by atoms with E-state index in [0.717, 1.165) is 17.7 Å². The van der Waals surface area contributed by atoms with Gasteiger partial charge in [-0.15, -0.1) is 0 Å². The van der Waals surface area contributed by atoms with Crippen LogP contribution in [0.15, 0.2) is 36.5 Å². The summed E-state index contributed by atoms with van der Waals surface area (Å²) in [6.45, 7) is 2.23. The molecule has 0 unspecified atom stereocenters. The summed E-state index contributed by atoms with van der Waals surface area (Å²) >= 11 is 0. The minimum atomic E-state index is -4.64. The van der Waals surface area contributed by atoms with Crippen LogP contribution < -0.4 is 10.2 Å². The number of nitrogens with one attached hydrogen (secondary N) is 1. The number of aromatic nitrogens is 1. The predicted molar refractivity (Wildman–Crippen MR) is 100 cm³/mol. The van der Waals surface area contributed by atoms with E-state index in [2.05, 4.69) is 10.3 Å². The molecule has 2 N–H and O–H groups in total. The average molecular weight is 404 g/mol. The van der Waals surface area contributed by atoms with E-state index in [9.17, 15) is 23.1 Å². The van der Waals surface area contributed by atoms with Gasteiger partial charge in [-0.2, -0.15) is 18.4 Å². The standard InChI is InChI=1S/C20H19F3N4O2/c1-13-2-5-17(25-12-13)26-18(28)19(29)6-8-27(9-7-19)15-4-3-14(11-24)16(10-15)20(21,22)23/h2-5,10,12,29H,6-9H2,1H3,(H,25,26,28). The molecule has 29 heavy (non-hydrogen) atoms. The molecule has 0 saturated carbocycles. The Morgan fingerprint density at radius 1 is 1.28 bits per heavy atom. The van der Waals surface area contributed by atoms with Gasteiger partial charge in [0.15, 0.2) is 0 Å². The van der Waals surface area contributed by atoms with Crippen molar-refractivity contribution in [3.63, 3.8) is 0 Å². The summed E-state index contributed by atoms with van der Waals surface area (Å²) in [6.07, 6.45) is -2.96. The smallest absolute Gasteiger partial charge is 0.380 e. The number of anilines is 2. The molecule has 1 aromatic heterocycles. The molecule has 0 atom stereocenters. The minimum Gasteiger partial charge on any atom is -0.380 e. The van der Waals surface area contributed by atoms with Crippen molar-refractivity contribution >= 4 is 17.4 Å². The van der Waals surface area contributed by atoms with Crippen LogP contribution in [0.1, 0.15) is 29.5 Å². The van der Waals surface area contributed by atoms with Gasteiger partial charge in [0.1, 0.15) is 11.4 Å². The molecular weight excluding hydrogens is 385 g/mol. The molecule has 152 valence electrons. The summed E-state index contributed by atoms with van der Waals surface area (Å²) in [6, 6.07) is 8.45. The molecule has 1 amide bonds. The zero-order valence-corrected chi connectivity index (χ0v) is 15.6. The quantitative estimate of drug-likeness (QED) is 0.820. The Balaban J connectivity index is 1.70. The van der Waals surface area contributed by atoms with Crippen molar-refractivity contribution in [2.24, 2.45) is 0 Å². The molecule has 1 saturated heterocycles. The van der Waals surface area contributed by atoms with Crippen LogP contribution in [-0.2, 0) is 11.0 Å². The first-order valence-corrected chi connectivity index (χ1v) is 8.95. The topological polar surface area (TPSA) is 89.2 Å². The summed E-state index contributed by atoms with van der Waals surface area (Å²) in [7, 11) is 0. The van der Waals surface area contributed by atoms with Crippen LogP contribution in [0.3, 0.4) is 0 Å². The molecule has 1 fully saturated rings. The Bertz CT molecular complexity index is 944. The normalized spacial score (nSPS) is 16.2. The van der Waals surface area contributed by atoms with E-state index in [1.54, 1.807) is 29.3 Å². The van der Waals surface area contributed by atoms with E-state index in [-0.39, 0.29) is 25.9 Å². The second-order valence-corrected chi connectivity index (χ2v) is 7.03. The highest BCUT2D eigenvalue weighted by Gasteiger charge is 2.40. The molecule has 1 aliphatic rings. The van der Waals surface area contributed by atoms with E-state index < -0.39 is 28.8 Å². The van der Waals surface area contributed by atoms with Gasteiger partial charge in [0.05, 0.1) is 17.2 Å². The molecule has 0 spiro atoms. The Morgan fingerprint density at radius 3 is 2.52 bits per heavy atom. The van der Waals surface area contributed by atoms with Crippen LogP contribution in [0.2, 0.25) is 0 Å². The van der Waals surface area contributed by atoms with Crippen LogP contribution in [0.5, 0.6) is 0 Å². The number of rotatable bonds is 3. The predicted octanol–water partition coefficient (Wildman–Crippen LogP) is 3.25. The number of aliphatic hydroxyl groups is 1. The third kappa shape index (κ3) is 4.49. The van der Waals surface area contributed by atoms with Crippen molar-refractivity contribution < 1.29 is 23.1 Å². The summed E-state index contributed by atoms with van der Waals surface area (Å²) < 4.78 is 39.5. The third-order valence-corrected chi connectivity index (χ3v) is 4.96. The van der Waals surface area contributed by atoms with E-state index in [0.29, 0.717) is 11.5 Å². The largest absolute Gasteiger partial charge is 0.417 e. The molecule has 1 aliphatic heterocycles. The first-order chi connectivity index (χ1) is 13.6. The van der Waals surface area contributed by atoms with Gasteiger partial charge in [0.2, 0.25) is 0 Å². The van der Waals surface area contributed by atoms with Crippen molar-refractivity contribution in [3.8, 4) is 6.07 Å². The number of nitrogens with zero attached hydrogens (tertiary/aromatic N) is 3. The van der Waals surface area contributed by atoms with Crippen LogP contribution in [0, 0.1) is 18.3 Å². The van der Waals surface area contributed by atoms with Gasteiger partial charge in [0, 0.05) is 37.8 Å². The first-order valence-electron chi connectivity index (χ1n) is 8.95. The lowest BCUT2D eigenvalue weighted by Crippen LogP contribution is -2.51. The van der Waals surface area contributed by atoms with E-state index in [1.165, 1.54) is 6.07 Å². The number of amides is 1. The lowest BCUT2D eigenvalue weighted by atomic mass is 9.90. The average Bonchev–Trinajstić information content (AvgIpc) is 2.69. The Morgan fingerprint density at radius 2 is 1.97 bits per heavy atom. The van der Waals surface area contributed by atoms with E-state index in [1.807, 2.05) is 6.92 Å². The lowest BCUT2D eigenvalue weighted by Gasteiger charge is -2.38. The van der Waals surface area contributed by atoms with Crippen molar-refractivity contribution in [1.29, 1.82) is 5.26 Å². The van der Waals surface area contributed by atoms with Crippen molar-refractivity contribution in [2.75, 3.05) is 23.3 Å². The second kappa shape index (κ2) is 7.72. The van der Waals surface area contributed by atoms with Crippen molar-refractivity contribution in [2.45, 2.75) is 31.5 Å². The van der Waals surface area contributed by atoms with Crippen LogP contribution in [-0.4, -0.2) is 34.7 Å². The van der Waals surface area contributed by atoms with Gasteiger partial charge in [0.25, 0.3) is 5.91 Å². The monoisotopic (exact) mass is 404 g/mol. The number of benzene rings is 1. The van der Waals surface area contributed by atoms with Gasteiger partial charge in [-0.25, -0.2) is 4.98 Å². The number of halogens is 3. The fourth-order valence-electron chi connectivity index (χ4n) is 3.20. The molecule has 1 aromatic carbocycles. The van der Waals surface area contributed by atoms with Crippen molar-refractivity contribution in [1.82, 2.24) is 4.98 Å². The van der Waals surface area contributed by atoms with Gasteiger partial charge in [-0.1, -0.05) is 6.07 Å². The van der Waals surface area contributed by atoms with E-state index >= 15 is 0 Å². The molecule has 6 nitrogen and oxygen atoms in total. The molecular formula is C20H19F3N4O2. The van der Waals surface area contributed by atoms with Crippen LogP contribution in [0.4, 0.5) is 24.7 Å². The first kappa shape index (κ1) is 20.6. The van der Waals surface area contributed by atoms with Crippen LogP contribution >= 0.6 is 0 Å². The second-order valence-electron chi connectivity index (χ2n) is 7.03. The summed E-state index contributed by atoms with van der Waals surface area (Å²) in [5, 5.41) is 22.2. The molecule has 9 heteroatoms. The number of carbonyl (C=O) groups excluding carboxylic acids is 1. The zero-order valence-electron chi connectivity index (χ0n) is 15.6. The molecule has 0 aliphatic carbocycles. The number of pyridine rings is 1. The maximum absolute atomic E-state index is 13.2. The third-order valence-electron chi connectivity index (χ3n) is 4.96. The number of hydrogen-bond acceptors (Lipinski definition) is 5. The highest BCUT2D eigenvalue weighted by molar-refractivity contribution is 5.96. The fraction of sp³-hybridized carbons (Fsp3) is 0.350. The number of alkyl halides is 3. The van der Waals surface area contributed by atoms with Gasteiger partial charge in [-0.3, -0.25) is 4.79 Å². The summed E-state index contributed by atoms with van der Waals surface area (Å²) in [5.41, 5.74) is -1.86. The highest BCUT2D eigenvalue weighted by atomic mass is 19.4. The number of hydrogen-bond donors (Lipinski definition) is 2. The number of piperidine rings is 1. The maximum Gasteiger partial charge on any atom is 0.417 e. The minimum absolute atomic E-state index is 0.0477. The SMILES string of the molecule is Cc1ccc(NC(=O)C2(O)CCN(c3ccc(C#N)c(C(F)(F)F)c3)CC2)nc1. The maximum atomic E-state index is 13.2. The number of aryl methyl sites for hydroxylation is 1. The molecule has 2 aromatic rings. The molecule has 0 radical (unpaired) electrons. The molecule has 3 rings (SSSR count). The summed E-state index contributed by atoms with van der Waals surface area (Å²) in [5.74, 6) is -0.275. The zero-order chi connectivity index (χ0) is 21.2. The number of carbonyl (C=O) groups is 1. The van der Waals surface area contributed by atoms with Crippen molar-refractivity contribution in [3.05, 3.63) is 53.2 Å². The van der Waals surface area contributed by atoms with Gasteiger partial charge in [-0.05, 0) is 36.8 Å². The number of nitriles is 1. The fourth-order valence-corrected chi connectivity index (χ4v) is 3.20. The highest BCUT2D eigenvalue weighted by Crippen LogP contribution is 2.35. The Hall–Kier alpha value is -3.12. The van der Waals surface area contributed by atoms with Gasteiger partial charge < -0.3 is 15.3 Å². The van der Waals surface area contributed by atoms with Gasteiger partial charge >= 0.3 is 6.18 Å². The van der Waals surface area contributed by atoms with Crippen LogP contribution in [0.25, 0.3) is 0 Å². The lowest BCUT2D eigenvalue weighted by molar-refractivity contribution is -0.137. The van der Waals surface area contributed by atoms with E-state index in [4.69, 9.17) is 5.26 Å². The molecule has 2 heterocycles. The molecule has 0 bridgehead atoms. The Kier molecular flexibility index (Phi) is 5.48. The Labute approximate surface area is 165 Å².